The molecule has 3 N–H and O–H groups in total. The van der Waals surface area contributed by atoms with Crippen LogP contribution in [-0.2, 0) is 4.79 Å². The quantitative estimate of drug-likeness (QED) is 0.874. The van der Waals surface area contributed by atoms with Crippen LogP contribution in [0.2, 0.25) is 0 Å². The molecule has 104 valence electrons. The number of thiazole rings is 1. The number of carbonyl (C=O) groups excluding carboxylic acids is 2. The number of amides is 2. The number of nitrogens with one attached hydrogen (secondary N) is 1. The third-order valence-electron chi connectivity index (χ3n) is 2.34. The minimum absolute atomic E-state index is 0.191. The van der Waals surface area contributed by atoms with Gasteiger partial charge in [-0.1, -0.05) is 0 Å². The van der Waals surface area contributed by atoms with E-state index in [1.165, 1.54) is 11.3 Å². The molecular formula is C13H13N3O3S. The van der Waals surface area contributed by atoms with Crippen molar-refractivity contribution in [1.29, 1.82) is 0 Å². The first kappa shape index (κ1) is 14.0. The number of carbonyl (C=O) groups is 2. The summed E-state index contributed by atoms with van der Waals surface area (Å²) in [7, 11) is 0. The number of nitrogens with two attached hydrogens (primary N) is 1. The number of hydrogen-bond acceptors (Lipinski definition) is 5. The summed E-state index contributed by atoms with van der Waals surface area (Å²) in [4.78, 5) is 27.6. The van der Waals surface area contributed by atoms with Gasteiger partial charge < -0.3 is 10.5 Å². The molecule has 0 saturated carbocycles. The number of aryl methyl sites for hydroxylation is 1. The summed E-state index contributed by atoms with van der Waals surface area (Å²) in [5, 5.41) is 3.26. The van der Waals surface area contributed by atoms with E-state index in [0.717, 1.165) is 4.88 Å². The van der Waals surface area contributed by atoms with Gasteiger partial charge in [-0.3, -0.25) is 14.9 Å². The van der Waals surface area contributed by atoms with Gasteiger partial charge in [0, 0.05) is 16.6 Å². The highest BCUT2D eigenvalue weighted by Crippen LogP contribution is 2.18. The number of ether oxygens (including phenoxy) is 1. The van der Waals surface area contributed by atoms with E-state index in [2.05, 4.69) is 10.3 Å². The summed E-state index contributed by atoms with van der Waals surface area (Å²) < 4.78 is 5.11. The summed E-state index contributed by atoms with van der Waals surface area (Å²) >= 11 is 1.41. The van der Waals surface area contributed by atoms with E-state index in [0.29, 0.717) is 16.4 Å². The van der Waals surface area contributed by atoms with Gasteiger partial charge in [0.1, 0.15) is 5.75 Å². The maximum atomic E-state index is 11.9. The molecule has 0 spiro atoms. The predicted molar refractivity (Wildman–Crippen MR) is 75.9 cm³/mol. The molecule has 0 radical (unpaired) electrons. The van der Waals surface area contributed by atoms with Gasteiger partial charge in [0.2, 0.25) is 0 Å². The summed E-state index contributed by atoms with van der Waals surface area (Å²) in [5.74, 6) is -0.322. The summed E-state index contributed by atoms with van der Waals surface area (Å²) in [6.07, 6.45) is 1.70. The molecule has 6 nitrogen and oxygen atoms in total. The molecule has 0 aliphatic heterocycles. The second-order valence-electron chi connectivity index (χ2n) is 4.01. The highest BCUT2D eigenvalue weighted by Gasteiger charge is 2.08. The van der Waals surface area contributed by atoms with Crippen LogP contribution in [-0.4, -0.2) is 23.4 Å². The smallest absolute Gasteiger partial charge is 0.257 e. The van der Waals surface area contributed by atoms with Gasteiger partial charge in [-0.05, 0) is 31.2 Å². The van der Waals surface area contributed by atoms with Crippen LogP contribution in [0.5, 0.6) is 5.75 Å². The van der Waals surface area contributed by atoms with Crippen LogP contribution in [0.3, 0.4) is 0 Å². The van der Waals surface area contributed by atoms with Crippen molar-refractivity contribution in [3.63, 3.8) is 0 Å². The van der Waals surface area contributed by atoms with Gasteiger partial charge in [0.15, 0.2) is 11.7 Å². The Morgan fingerprint density at radius 1 is 1.35 bits per heavy atom. The SMILES string of the molecule is Cc1cnc(NC(=O)c2ccc(OCC(N)=O)cc2)s1. The number of anilines is 1. The third-order valence-corrected chi connectivity index (χ3v) is 3.17. The van der Waals surface area contributed by atoms with Crippen molar-refractivity contribution in [2.75, 3.05) is 11.9 Å². The average molecular weight is 291 g/mol. The van der Waals surface area contributed by atoms with Gasteiger partial charge in [0.25, 0.3) is 11.8 Å². The lowest BCUT2D eigenvalue weighted by Crippen LogP contribution is -2.20. The monoisotopic (exact) mass is 291 g/mol. The van der Waals surface area contributed by atoms with E-state index in [9.17, 15) is 9.59 Å². The molecule has 1 heterocycles. The standard InChI is InChI=1S/C13H13N3O3S/c1-8-6-15-13(20-8)16-12(18)9-2-4-10(5-3-9)19-7-11(14)17/h2-6H,7H2,1H3,(H2,14,17)(H,15,16,18). The first-order chi connectivity index (χ1) is 9.54. The highest BCUT2D eigenvalue weighted by molar-refractivity contribution is 7.15. The first-order valence-electron chi connectivity index (χ1n) is 5.79. The largest absolute Gasteiger partial charge is 0.484 e. The van der Waals surface area contributed by atoms with E-state index >= 15 is 0 Å². The van der Waals surface area contributed by atoms with E-state index in [4.69, 9.17) is 10.5 Å². The normalized spacial score (nSPS) is 10.1. The maximum absolute atomic E-state index is 11.9. The van der Waals surface area contributed by atoms with Crippen LogP contribution >= 0.6 is 11.3 Å². The molecule has 0 atom stereocenters. The van der Waals surface area contributed by atoms with Crippen molar-refractivity contribution in [3.8, 4) is 5.75 Å². The molecule has 0 unspecified atom stereocenters. The van der Waals surface area contributed by atoms with Gasteiger partial charge >= 0.3 is 0 Å². The fourth-order valence-corrected chi connectivity index (χ4v) is 2.10. The predicted octanol–water partition coefficient (Wildman–Crippen LogP) is 1.57. The topological polar surface area (TPSA) is 94.3 Å². The van der Waals surface area contributed by atoms with Gasteiger partial charge in [-0.2, -0.15) is 0 Å². The van der Waals surface area contributed by atoms with Crippen LogP contribution in [0.25, 0.3) is 0 Å². The molecule has 0 aliphatic carbocycles. The minimum atomic E-state index is -0.550. The van der Waals surface area contributed by atoms with Crippen LogP contribution in [0, 0.1) is 6.92 Å². The van der Waals surface area contributed by atoms with Crippen molar-refractivity contribution >= 4 is 28.3 Å². The lowest BCUT2D eigenvalue weighted by molar-refractivity contribution is -0.119. The van der Waals surface area contributed by atoms with Gasteiger partial charge in [-0.25, -0.2) is 4.98 Å². The molecule has 1 aromatic heterocycles. The Morgan fingerprint density at radius 3 is 2.60 bits per heavy atom. The Kier molecular flexibility index (Phi) is 4.31. The molecule has 7 heteroatoms. The Morgan fingerprint density at radius 2 is 2.05 bits per heavy atom. The van der Waals surface area contributed by atoms with E-state index in [-0.39, 0.29) is 12.5 Å². The molecule has 0 aliphatic rings. The molecule has 1 aromatic carbocycles. The van der Waals surface area contributed by atoms with Crippen LogP contribution in [0.4, 0.5) is 5.13 Å². The van der Waals surface area contributed by atoms with Crippen molar-refractivity contribution in [1.82, 2.24) is 4.98 Å². The third kappa shape index (κ3) is 3.79. The van der Waals surface area contributed by atoms with E-state index in [1.54, 1.807) is 30.5 Å². The van der Waals surface area contributed by atoms with Crippen LogP contribution in [0.1, 0.15) is 15.2 Å². The number of hydrogen-bond donors (Lipinski definition) is 2. The molecule has 2 amide bonds. The molecule has 0 fully saturated rings. The van der Waals surface area contributed by atoms with Gasteiger partial charge in [0.05, 0.1) is 0 Å². The highest BCUT2D eigenvalue weighted by atomic mass is 32.1. The van der Waals surface area contributed by atoms with Crippen LogP contribution in [0.15, 0.2) is 30.5 Å². The molecular weight excluding hydrogens is 278 g/mol. The number of nitrogens with zero attached hydrogens (tertiary/aromatic N) is 1. The van der Waals surface area contributed by atoms with Crippen molar-refractivity contribution in [2.45, 2.75) is 6.92 Å². The second kappa shape index (κ2) is 6.16. The maximum Gasteiger partial charge on any atom is 0.257 e. The zero-order valence-corrected chi connectivity index (χ0v) is 11.6. The minimum Gasteiger partial charge on any atom is -0.484 e. The number of rotatable bonds is 5. The van der Waals surface area contributed by atoms with Crippen molar-refractivity contribution < 1.29 is 14.3 Å². The molecule has 2 rings (SSSR count). The van der Waals surface area contributed by atoms with Crippen molar-refractivity contribution in [3.05, 3.63) is 40.9 Å². The molecule has 2 aromatic rings. The Hall–Kier alpha value is -2.41. The number of primary amides is 1. The van der Waals surface area contributed by atoms with E-state index < -0.39 is 5.91 Å². The Bertz CT molecular complexity index is 622. The molecule has 0 saturated heterocycles. The average Bonchev–Trinajstić information content (AvgIpc) is 2.82. The number of benzene rings is 1. The van der Waals surface area contributed by atoms with E-state index in [1.807, 2.05) is 6.92 Å². The fourth-order valence-electron chi connectivity index (χ4n) is 1.44. The number of aromatic nitrogens is 1. The summed E-state index contributed by atoms with van der Waals surface area (Å²) in [5.41, 5.74) is 5.45. The van der Waals surface area contributed by atoms with Gasteiger partial charge in [-0.15, -0.1) is 11.3 Å². The summed E-state index contributed by atoms with van der Waals surface area (Å²) in [6.45, 7) is 1.72. The van der Waals surface area contributed by atoms with Crippen LogP contribution < -0.4 is 15.8 Å². The second-order valence-corrected chi connectivity index (χ2v) is 5.24. The fraction of sp³-hybridized carbons (Fsp3) is 0.154. The zero-order valence-electron chi connectivity index (χ0n) is 10.8. The lowest BCUT2D eigenvalue weighted by Gasteiger charge is -2.05. The Labute approximate surface area is 119 Å². The lowest BCUT2D eigenvalue weighted by atomic mass is 10.2. The molecule has 0 bridgehead atoms. The van der Waals surface area contributed by atoms with Crippen molar-refractivity contribution in [2.24, 2.45) is 5.73 Å². The first-order valence-corrected chi connectivity index (χ1v) is 6.61. The zero-order chi connectivity index (χ0) is 14.5. The Balaban J connectivity index is 1.98. The molecule has 20 heavy (non-hydrogen) atoms. The summed E-state index contributed by atoms with van der Waals surface area (Å²) in [6, 6.07) is 6.41.